The Morgan fingerprint density at radius 2 is 1.77 bits per heavy atom. The second-order valence-corrected chi connectivity index (χ2v) is 12.8. The summed E-state index contributed by atoms with van der Waals surface area (Å²) in [6.07, 6.45) is -3.77. The minimum atomic E-state index is -4.79. The molecule has 0 fully saturated rings. The van der Waals surface area contributed by atoms with Crippen molar-refractivity contribution in [1.82, 2.24) is 4.72 Å². The van der Waals surface area contributed by atoms with Crippen molar-refractivity contribution in [2.45, 2.75) is 24.2 Å². The van der Waals surface area contributed by atoms with Crippen molar-refractivity contribution in [2.24, 2.45) is 0 Å². The van der Waals surface area contributed by atoms with E-state index in [1.54, 1.807) is 13.0 Å². The number of hydrogen-bond acceptors (Lipinski definition) is 5. The van der Waals surface area contributed by atoms with Crippen molar-refractivity contribution in [3.63, 3.8) is 0 Å². The smallest absolute Gasteiger partial charge is 0.416 e. The molecule has 0 aliphatic carbocycles. The standard InChI is InChI=1S/C25H21ClF4N2O5S2/c1-15(24-19(26)7-4-8-20(24)27)11-16-9-10-22-21(12-16)32(14-23(37-22)31-38(2,33)34)39(35,36)18-6-3-5-17(13-18)25(28,29)30/h3-13,23,31H,14H2,1-2H3/b15-11+/t23-/m1/s1. The topological polar surface area (TPSA) is 92.8 Å². The van der Waals surface area contributed by atoms with E-state index < -0.39 is 55.3 Å². The van der Waals surface area contributed by atoms with Crippen LogP contribution >= 0.6 is 11.6 Å². The summed E-state index contributed by atoms with van der Waals surface area (Å²) in [5, 5.41) is 0.161. The molecule has 3 aromatic rings. The van der Waals surface area contributed by atoms with E-state index in [1.807, 2.05) is 0 Å². The van der Waals surface area contributed by atoms with Crippen LogP contribution in [0.3, 0.4) is 0 Å². The Balaban J connectivity index is 1.83. The lowest BCUT2D eigenvalue weighted by Gasteiger charge is -2.35. The maximum Gasteiger partial charge on any atom is 0.416 e. The largest absolute Gasteiger partial charge is 0.470 e. The van der Waals surface area contributed by atoms with Crippen LogP contribution in [-0.2, 0) is 26.2 Å². The number of fused-ring (bicyclic) bond motifs is 1. The number of ether oxygens (including phenoxy) is 1. The van der Waals surface area contributed by atoms with Gasteiger partial charge in [0.15, 0.2) is 6.23 Å². The molecular formula is C25H21ClF4N2O5S2. The van der Waals surface area contributed by atoms with Crippen molar-refractivity contribution in [2.75, 3.05) is 17.1 Å². The van der Waals surface area contributed by atoms with E-state index in [9.17, 15) is 34.4 Å². The summed E-state index contributed by atoms with van der Waals surface area (Å²) in [6, 6.07) is 11.7. The monoisotopic (exact) mass is 604 g/mol. The Labute approximate surface area is 227 Å². The van der Waals surface area contributed by atoms with Crippen LogP contribution in [0.2, 0.25) is 5.02 Å². The Morgan fingerprint density at radius 1 is 1.08 bits per heavy atom. The van der Waals surface area contributed by atoms with Crippen LogP contribution in [0, 0.1) is 5.82 Å². The Morgan fingerprint density at radius 3 is 2.41 bits per heavy atom. The first-order valence-corrected chi connectivity index (χ1v) is 14.9. The Hall–Kier alpha value is -3.13. The van der Waals surface area contributed by atoms with Crippen LogP contribution in [0.5, 0.6) is 5.75 Å². The van der Waals surface area contributed by atoms with Crippen LogP contribution in [0.25, 0.3) is 11.6 Å². The molecule has 0 unspecified atom stereocenters. The normalized spacial score (nSPS) is 16.5. The first-order chi connectivity index (χ1) is 18.1. The summed E-state index contributed by atoms with van der Waals surface area (Å²) in [4.78, 5) is -0.654. The number of rotatable bonds is 6. The lowest BCUT2D eigenvalue weighted by molar-refractivity contribution is -0.137. The molecule has 1 N–H and O–H groups in total. The van der Waals surface area contributed by atoms with Gasteiger partial charge in [0.05, 0.1) is 34.0 Å². The second-order valence-electron chi connectivity index (χ2n) is 8.71. The molecule has 1 heterocycles. The molecule has 0 saturated heterocycles. The molecule has 0 aromatic heterocycles. The zero-order chi connectivity index (χ0) is 28.8. The van der Waals surface area contributed by atoms with Gasteiger partial charge in [-0.05, 0) is 60.5 Å². The molecule has 0 bridgehead atoms. The molecule has 0 spiro atoms. The van der Waals surface area contributed by atoms with Crippen molar-refractivity contribution in [1.29, 1.82) is 0 Å². The van der Waals surface area contributed by atoms with Gasteiger partial charge in [0.1, 0.15) is 11.6 Å². The summed E-state index contributed by atoms with van der Waals surface area (Å²) >= 11 is 6.15. The number of alkyl halides is 3. The number of benzene rings is 3. The van der Waals surface area contributed by atoms with Crippen molar-refractivity contribution >= 4 is 49.0 Å². The molecular weight excluding hydrogens is 584 g/mol. The van der Waals surface area contributed by atoms with Crippen LogP contribution in [0.1, 0.15) is 23.6 Å². The van der Waals surface area contributed by atoms with Crippen LogP contribution in [0.15, 0.2) is 65.6 Å². The van der Waals surface area contributed by atoms with E-state index in [-0.39, 0.29) is 22.0 Å². The molecule has 0 saturated carbocycles. The first kappa shape index (κ1) is 28.9. The average molecular weight is 605 g/mol. The van der Waals surface area contributed by atoms with E-state index in [0.29, 0.717) is 17.2 Å². The van der Waals surface area contributed by atoms with Crippen molar-refractivity contribution in [3.05, 3.63) is 88.2 Å². The van der Waals surface area contributed by atoms with Gasteiger partial charge in [-0.3, -0.25) is 4.31 Å². The van der Waals surface area contributed by atoms with Crippen molar-refractivity contribution in [3.8, 4) is 5.75 Å². The fourth-order valence-corrected chi connectivity index (χ4v) is 6.47. The van der Waals surface area contributed by atoms with Gasteiger partial charge in [-0.1, -0.05) is 35.9 Å². The lowest BCUT2D eigenvalue weighted by Crippen LogP contribution is -2.51. The van der Waals surface area contributed by atoms with E-state index >= 15 is 0 Å². The number of anilines is 1. The summed E-state index contributed by atoms with van der Waals surface area (Å²) < 4.78 is 114. The lowest BCUT2D eigenvalue weighted by atomic mass is 10.0. The maximum absolute atomic E-state index is 14.4. The fourth-order valence-electron chi connectivity index (χ4n) is 4.04. The van der Waals surface area contributed by atoms with Crippen LogP contribution in [0.4, 0.5) is 23.2 Å². The van der Waals surface area contributed by atoms with Gasteiger partial charge in [0.2, 0.25) is 10.0 Å². The highest BCUT2D eigenvalue weighted by atomic mass is 35.5. The molecule has 14 heteroatoms. The second kappa shape index (κ2) is 10.5. The zero-order valence-corrected chi connectivity index (χ0v) is 22.7. The molecule has 1 atom stereocenters. The first-order valence-electron chi connectivity index (χ1n) is 11.2. The van der Waals surface area contributed by atoms with E-state index in [0.717, 1.165) is 28.8 Å². The van der Waals surface area contributed by atoms with Gasteiger partial charge in [-0.15, -0.1) is 0 Å². The third-order valence-corrected chi connectivity index (χ3v) is 8.47. The molecule has 1 aliphatic rings. The summed E-state index contributed by atoms with van der Waals surface area (Å²) in [5.41, 5.74) is -0.275. The molecule has 7 nitrogen and oxygen atoms in total. The number of allylic oxidation sites excluding steroid dienone is 1. The molecule has 1 aliphatic heterocycles. The van der Waals surface area contributed by atoms with Crippen molar-refractivity contribution < 1.29 is 39.1 Å². The fraction of sp³-hybridized carbons (Fsp3) is 0.200. The highest BCUT2D eigenvalue weighted by Crippen LogP contribution is 2.39. The summed E-state index contributed by atoms with van der Waals surface area (Å²) in [7, 11) is -8.49. The zero-order valence-electron chi connectivity index (χ0n) is 20.3. The number of nitrogens with one attached hydrogen (secondary N) is 1. The molecule has 0 amide bonds. The maximum atomic E-state index is 14.4. The quantitative estimate of drug-likeness (QED) is 0.295. The predicted octanol–water partition coefficient (Wildman–Crippen LogP) is 5.52. The van der Waals surface area contributed by atoms with E-state index in [1.165, 1.54) is 36.4 Å². The average Bonchev–Trinajstić information content (AvgIpc) is 2.82. The van der Waals surface area contributed by atoms with Gasteiger partial charge >= 0.3 is 6.18 Å². The molecule has 0 radical (unpaired) electrons. The van der Waals surface area contributed by atoms with Gasteiger partial charge in [0, 0.05) is 5.56 Å². The number of halogens is 5. The highest BCUT2D eigenvalue weighted by Gasteiger charge is 2.37. The molecule has 4 rings (SSSR count). The molecule has 3 aromatic carbocycles. The predicted molar refractivity (Wildman–Crippen MR) is 140 cm³/mol. The SMILES string of the molecule is C/C(=C\c1ccc2c(c1)N(S(=O)(=O)c1cccc(C(F)(F)F)c1)C[C@H](NS(C)(=O)=O)O2)c1c(F)cccc1Cl. The number of hydrogen-bond donors (Lipinski definition) is 1. The summed E-state index contributed by atoms with van der Waals surface area (Å²) in [5.74, 6) is -0.613. The van der Waals surface area contributed by atoms with Gasteiger partial charge in [-0.2, -0.15) is 17.9 Å². The Bertz CT molecular complexity index is 1660. The molecule has 208 valence electrons. The highest BCUT2D eigenvalue weighted by molar-refractivity contribution is 7.92. The Kier molecular flexibility index (Phi) is 7.74. The van der Waals surface area contributed by atoms with Gasteiger partial charge in [-0.25, -0.2) is 21.2 Å². The third-order valence-electron chi connectivity index (χ3n) is 5.69. The van der Waals surface area contributed by atoms with Gasteiger partial charge in [0.25, 0.3) is 10.0 Å². The van der Waals surface area contributed by atoms with E-state index in [4.69, 9.17) is 16.3 Å². The minimum Gasteiger partial charge on any atom is -0.470 e. The van der Waals surface area contributed by atoms with Gasteiger partial charge < -0.3 is 4.74 Å². The number of nitrogens with zero attached hydrogens (tertiary/aromatic N) is 1. The third kappa shape index (κ3) is 6.38. The summed E-state index contributed by atoms with van der Waals surface area (Å²) in [6.45, 7) is 1.02. The molecule has 39 heavy (non-hydrogen) atoms. The van der Waals surface area contributed by atoms with E-state index in [2.05, 4.69) is 4.72 Å². The van der Waals surface area contributed by atoms with Crippen LogP contribution < -0.4 is 13.8 Å². The minimum absolute atomic E-state index is 0.0447. The number of sulfonamides is 2. The van der Waals surface area contributed by atoms with Crippen LogP contribution in [-0.4, -0.2) is 35.9 Å².